The molecule has 0 fully saturated rings. The molecule has 10 heteroatoms. The van der Waals surface area contributed by atoms with Gasteiger partial charge in [0.15, 0.2) is 22.6 Å². The molecule has 6 nitrogen and oxygen atoms in total. The zero-order valence-corrected chi connectivity index (χ0v) is 18.6. The zero-order valence-electron chi connectivity index (χ0n) is 17.0. The SMILES string of the molecule is O=C(CSc1nnc(COc2ccccc2Cl)n1-c1ccccc1)Nc1ccc(F)c(F)c1. The quantitative estimate of drug-likeness (QED) is 0.333. The molecule has 1 aromatic heterocycles. The number of nitrogens with one attached hydrogen (secondary N) is 1. The van der Waals surface area contributed by atoms with Crippen LogP contribution in [0.1, 0.15) is 5.82 Å². The maximum absolute atomic E-state index is 13.4. The van der Waals surface area contributed by atoms with Gasteiger partial charge in [-0.2, -0.15) is 0 Å². The third-order valence-electron chi connectivity index (χ3n) is 4.44. The number of carbonyl (C=O) groups excluding carboxylic acids is 1. The van der Waals surface area contributed by atoms with Crippen molar-refractivity contribution in [1.82, 2.24) is 14.8 Å². The van der Waals surface area contributed by atoms with E-state index in [-0.39, 0.29) is 18.0 Å². The highest BCUT2D eigenvalue weighted by Crippen LogP contribution is 2.26. The monoisotopic (exact) mass is 486 g/mol. The van der Waals surface area contributed by atoms with E-state index in [0.29, 0.717) is 21.8 Å². The first-order chi connectivity index (χ1) is 16.0. The predicted octanol–water partition coefficient (Wildman–Crippen LogP) is 5.51. The molecule has 4 aromatic rings. The first-order valence-electron chi connectivity index (χ1n) is 9.76. The number of halogens is 3. The maximum atomic E-state index is 13.4. The number of anilines is 1. The summed E-state index contributed by atoms with van der Waals surface area (Å²) < 4.78 is 34.0. The van der Waals surface area contributed by atoms with Gasteiger partial charge in [0.25, 0.3) is 0 Å². The second kappa shape index (κ2) is 10.5. The molecule has 0 saturated carbocycles. The van der Waals surface area contributed by atoms with E-state index in [9.17, 15) is 13.6 Å². The Bertz CT molecular complexity index is 1270. The molecule has 0 aliphatic rings. The molecule has 0 saturated heterocycles. The van der Waals surface area contributed by atoms with Crippen molar-refractivity contribution in [2.75, 3.05) is 11.1 Å². The molecule has 0 spiro atoms. The number of carbonyl (C=O) groups is 1. The minimum absolute atomic E-state index is 0.0185. The molecule has 0 atom stereocenters. The van der Waals surface area contributed by atoms with Gasteiger partial charge >= 0.3 is 0 Å². The number of nitrogens with zero attached hydrogens (tertiary/aromatic N) is 3. The predicted molar refractivity (Wildman–Crippen MR) is 123 cm³/mol. The number of aromatic nitrogens is 3. The Morgan fingerprint density at radius 3 is 2.52 bits per heavy atom. The van der Waals surface area contributed by atoms with Crippen LogP contribution >= 0.6 is 23.4 Å². The Kier molecular flexibility index (Phi) is 7.21. The zero-order chi connectivity index (χ0) is 23.2. The average molecular weight is 487 g/mol. The lowest BCUT2D eigenvalue weighted by Crippen LogP contribution is -2.15. The van der Waals surface area contributed by atoms with Crippen LogP contribution in [0.3, 0.4) is 0 Å². The van der Waals surface area contributed by atoms with E-state index in [1.54, 1.807) is 16.7 Å². The summed E-state index contributed by atoms with van der Waals surface area (Å²) in [5.41, 5.74) is 0.960. The molecule has 3 aromatic carbocycles. The lowest BCUT2D eigenvalue weighted by Gasteiger charge is -2.12. The molecule has 1 amide bonds. The molecule has 0 bridgehead atoms. The summed E-state index contributed by atoms with van der Waals surface area (Å²) in [5.74, 6) is -1.40. The molecule has 0 aliphatic heterocycles. The largest absolute Gasteiger partial charge is 0.484 e. The van der Waals surface area contributed by atoms with Crippen molar-refractivity contribution in [3.05, 3.63) is 95.3 Å². The molecule has 1 N–H and O–H groups in total. The van der Waals surface area contributed by atoms with E-state index >= 15 is 0 Å². The highest BCUT2D eigenvalue weighted by molar-refractivity contribution is 7.99. The van der Waals surface area contributed by atoms with Gasteiger partial charge in [-0.3, -0.25) is 9.36 Å². The van der Waals surface area contributed by atoms with Crippen LogP contribution in [0.5, 0.6) is 5.75 Å². The number of thioether (sulfide) groups is 1. The van der Waals surface area contributed by atoms with Crippen LogP contribution in [0.15, 0.2) is 78.0 Å². The lowest BCUT2D eigenvalue weighted by atomic mass is 10.3. The third-order valence-corrected chi connectivity index (χ3v) is 5.69. The molecule has 0 aliphatic carbocycles. The van der Waals surface area contributed by atoms with E-state index in [4.69, 9.17) is 16.3 Å². The first-order valence-corrected chi connectivity index (χ1v) is 11.1. The smallest absolute Gasteiger partial charge is 0.234 e. The number of amides is 1. The van der Waals surface area contributed by atoms with Gasteiger partial charge in [0.05, 0.1) is 10.8 Å². The molecule has 33 heavy (non-hydrogen) atoms. The highest BCUT2D eigenvalue weighted by Gasteiger charge is 2.17. The Balaban J connectivity index is 1.49. The van der Waals surface area contributed by atoms with E-state index in [0.717, 1.165) is 29.6 Å². The lowest BCUT2D eigenvalue weighted by molar-refractivity contribution is -0.113. The van der Waals surface area contributed by atoms with Gasteiger partial charge in [0.1, 0.15) is 12.4 Å². The van der Waals surface area contributed by atoms with Crippen molar-refractivity contribution in [2.24, 2.45) is 0 Å². The van der Waals surface area contributed by atoms with Gasteiger partial charge in [0, 0.05) is 17.4 Å². The van der Waals surface area contributed by atoms with Crippen molar-refractivity contribution >= 4 is 35.0 Å². The third kappa shape index (κ3) is 5.68. The fourth-order valence-electron chi connectivity index (χ4n) is 2.93. The van der Waals surface area contributed by atoms with Crippen molar-refractivity contribution < 1.29 is 18.3 Å². The number of rotatable bonds is 8. The van der Waals surface area contributed by atoms with Gasteiger partial charge in [0.2, 0.25) is 5.91 Å². The van der Waals surface area contributed by atoms with Crippen LogP contribution in [-0.2, 0) is 11.4 Å². The fourth-order valence-corrected chi connectivity index (χ4v) is 3.89. The molecule has 0 unspecified atom stereocenters. The van der Waals surface area contributed by atoms with E-state index in [2.05, 4.69) is 15.5 Å². The van der Waals surface area contributed by atoms with Crippen molar-refractivity contribution in [3.8, 4) is 11.4 Å². The van der Waals surface area contributed by atoms with Crippen LogP contribution < -0.4 is 10.1 Å². The molecule has 1 heterocycles. The number of hydrogen-bond donors (Lipinski definition) is 1. The normalized spacial score (nSPS) is 10.8. The fraction of sp³-hybridized carbons (Fsp3) is 0.0870. The van der Waals surface area contributed by atoms with Gasteiger partial charge < -0.3 is 10.1 Å². The number of hydrogen-bond acceptors (Lipinski definition) is 5. The van der Waals surface area contributed by atoms with Gasteiger partial charge in [-0.25, -0.2) is 8.78 Å². The van der Waals surface area contributed by atoms with Crippen molar-refractivity contribution in [2.45, 2.75) is 11.8 Å². The number of ether oxygens (including phenoxy) is 1. The topological polar surface area (TPSA) is 69.0 Å². The summed E-state index contributed by atoms with van der Waals surface area (Å²) in [6.45, 7) is 0.104. The Morgan fingerprint density at radius 1 is 1.00 bits per heavy atom. The number of benzene rings is 3. The van der Waals surface area contributed by atoms with Crippen LogP contribution in [0.2, 0.25) is 5.02 Å². The Hall–Kier alpha value is -3.43. The summed E-state index contributed by atoms with van der Waals surface area (Å²) in [7, 11) is 0. The standard InChI is InChI=1S/C23H17ClF2N4O2S/c24-17-8-4-5-9-20(17)32-13-21-28-29-23(30(21)16-6-2-1-3-7-16)33-14-22(31)27-15-10-11-18(25)19(26)12-15/h1-12H,13-14H2,(H,27,31). The van der Waals surface area contributed by atoms with Crippen molar-refractivity contribution in [3.63, 3.8) is 0 Å². The van der Waals surface area contributed by atoms with Crippen LogP contribution in [0.25, 0.3) is 5.69 Å². The molecule has 4 rings (SSSR count). The summed E-state index contributed by atoms with van der Waals surface area (Å²) in [6, 6.07) is 19.7. The number of para-hydroxylation sites is 2. The summed E-state index contributed by atoms with van der Waals surface area (Å²) in [4.78, 5) is 12.3. The maximum Gasteiger partial charge on any atom is 0.234 e. The minimum Gasteiger partial charge on any atom is -0.484 e. The molecular formula is C23H17ClF2N4O2S. The molecule has 0 radical (unpaired) electrons. The average Bonchev–Trinajstić information content (AvgIpc) is 3.23. The Morgan fingerprint density at radius 2 is 1.76 bits per heavy atom. The minimum atomic E-state index is -1.03. The summed E-state index contributed by atoms with van der Waals surface area (Å²) >= 11 is 7.31. The highest BCUT2D eigenvalue weighted by atomic mass is 35.5. The van der Waals surface area contributed by atoms with E-state index in [1.165, 1.54) is 6.07 Å². The second-order valence-electron chi connectivity index (χ2n) is 6.75. The van der Waals surface area contributed by atoms with Gasteiger partial charge in [-0.15, -0.1) is 10.2 Å². The molecule has 168 valence electrons. The first kappa shape index (κ1) is 22.8. The van der Waals surface area contributed by atoms with Crippen molar-refractivity contribution in [1.29, 1.82) is 0 Å². The van der Waals surface area contributed by atoms with Crippen LogP contribution in [-0.4, -0.2) is 26.4 Å². The molecular weight excluding hydrogens is 470 g/mol. The van der Waals surface area contributed by atoms with Gasteiger partial charge in [-0.05, 0) is 36.4 Å². The Labute approximate surface area is 197 Å². The van der Waals surface area contributed by atoms with E-state index in [1.807, 2.05) is 42.5 Å². The van der Waals surface area contributed by atoms with Crippen LogP contribution in [0.4, 0.5) is 14.5 Å². The van der Waals surface area contributed by atoms with Crippen LogP contribution in [0, 0.1) is 11.6 Å². The summed E-state index contributed by atoms with van der Waals surface area (Å²) in [5, 5.41) is 11.9. The second-order valence-corrected chi connectivity index (χ2v) is 8.10. The van der Waals surface area contributed by atoms with E-state index < -0.39 is 17.5 Å². The summed E-state index contributed by atoms with van der Waals surface area (Å²) in [6.07, 6.45) is 0. The van der Waals surface area contributed by atoms with Gasteiger partial charge in [-0.1, -0.05) is 53.7 Å².